The van der Waals surface area contributed by atoms with Crippen molar-refractivity contribution in [1.29, 1.82) is 0 Å². The highest BCUT2D eigenvalue weighted by molar-refractivity contribution is 5.99. The van der Waals surface area contributed by atoms with Crippen LogP contribution >= 0.6 is 0 Å². The highest BCUT2D eigenvalue weighted by atomic mass is 16.5. The summed E-state index contributed by atoms with van der Waals surface area (Å²) in [6.45, 7) is 7.82. The first-order chi connectivity index (χ1) is 9.06. The average Bonchev–Trinajstić information content (AvgIpc) is 2.38. The number of nitrogens with one attached hydrogen (secondary N) is 1. The Morgan fingerprint density at radius 3 is 2.89 bits per heavy atom. The Hall–Kier alpha value is -1.62. The van der Waals surface area contributed by atoms with Gasteiger partial charge in [0.15, 0.2) is 0 Å². The highest BCUT2D eigenvalue weighted by Crippen LogP contribution is 2.15. The van der Waals surface area contributed by atoms with Gasteiger partial charge in [-0.15, -0.1) is 0 Å². The molecule has 0 spiro atoms. The van der Waals surface area contributed by atoms with Gasteiger partial charge < -0.3 is 15.0 Å². The first kappa shape index (κ1) is 15.4. The van der Waals surface area contributed by atoms with Crippen LogP contribution < -0.4 is 5.32 Å². The standard InChI is InChI=1S/C14H23N3O2/c1-5-16-13-10-15-7-6-12(13)14(18)17(4)8-9-19-11(2)3/h6-7,10-11,16H,5,8-9H2,1-4H3. The van der Waals surface area contributed by atoms with E-state index in [9.17, 15) is 4.79 Å². The van der Waals surface area contributed by atoms with Gasteiger partial charge in [0.2, 0.25) is 0 Å². The summed E-state index contributed by atoms with van der Waals surface area (Å²) in [6.07, 6.45) is 3.49. The summed E-state index contributed by atoms with van der Waals surface area (Å²) in [5, 5.41) is 3.14. The number of ether oxygens (including phenoxy) is 1. The maximum absolute atomic E-state index is 12.3. The van der Waals surface area contributed by atoms with Crippen molar-refractivity contribution in [3.05, 3.63) is 24.0 Å². The van der Waals surface area contributed by atoms with Crippen molar-refractivity contribution in [1.82, 2.24) is 9.88 Å². The largest absolute Gasteiger partial charge is 0.383 e. The molecule has 0 aromatic carbocycles. The Labute approximate surface area is 115 Å². The zero-order valence-corrected chi connectivity index (χ0v) is 12.1. The Balaban J connectivity index is 2.65. The van der Waals surface area contributed by atoms with E-state index < -0.39 is 0 Å². The molecule has 1 aromatic rings. The zero-order valence-electron chi connectivity index (χ0n) is 12.1. The molecule has 5 heteroatoms. The van der Waals surface area contributed by atoms with Crippen LogP contribution in [0.4, 0.5) is 5.69 Å². The zero-order chi connectivity index (χ0) is 14.3. The summed E-state index contributed by atoms with van der Waals surface area (Å²) in [6, 6.07) is 1.74. The van der Waals surface area contributed by atoms with E-state index in [1.807, 2.05) is 20.8 Å². The smallest absolute Gasteiger partial charge is 0.255 e. The minimum absolute atomic E-state index is 0.0225. The molecule has 0 aliphatic rings. The molecule has 0 bridgehead atoms. The third-order valence-corrected chi connectivity index (χ3v) is 2.64. The van der Waals surface area contributed by atoms with Crippen LogP contribution in [0.5, 0.6) is 0 Å². The third kappa shape index (κ3) is 4.87. The predicted octanol–water partition coefficient (Wildman–Crippen LogP) is 2.01. The number of rotatable bonds is 7. The van der Waals surface area contributed by atoms with Crippen LogP contribution in [-0.2, 0) is 4.74 Å². The van der Waals surface area contributed by atoms with Gasteiger partial charge in [-0.25, -0.2) is 0 Å². The molecule has 1 heterocycles. The van der Waals surface area contributed by atoms with Crippen LogP contribution in [0.25, 0.3) is 0 Å². The van der Waals surface area contributed by atoms with Crippen molar-refractivity contribution < 1.29 is 9.53 Å². The second-order valence-electron chi connectivity index (χ2n) is 4.60. The van der Waals surface area contributed by atoms with Gasteiger partial charge in [0.1, 0.15) is 0 Å². The molecule has 0 fully saturated rings. The van der Waals surface area contributed by atoms with Crippen molar-refractivity contribution in [3.63, 3.8) is 0 Å². The number of hydrogen-bond acceptors (Lipinski definition) is 4. The van der Waals surface area contributed by atoms with Crippen LogP contribution in [0.1, 0.15) is 31.1 Å². The monoisotopic (exact) mass is 265 g/mol. The molecule has 0 saturated heterocycles. The normalized spacial score (nSPS) is 10.6. The fourth-order valence-electron chi connectivity index (χ4n) is 1.64. The summed E-state index contributed by atoms with van der Waals surface area (Å²) in [7, 11) is 1.78. The molecule has 1 aromatic heterocycles. The van der Waals surface area contributed by atoms with Gasteiger partial charge in [-0.2, -0.15) is 0 Å². The van der Waals surface area contributed by atoms with E-state index in [0.29, 0.717) is 18.7 Å². The molecule has 0 aliphatic heterocycles. The molecule has 1 N–H and O–H groups in total. The van der Waals surface area contributed by atoms with Gasteiger partial charge >= 0.3 is 0 Å². The van der Waals surface area contributed by atoms with Crippen molar-refractivity contribution in [3.8, 4) is 0 Å². The van der Waals surface area contributed by atoms with Crippen molar-refractivity contribution in [2.75, 3.05) is 32.1 Å². The lowest BCUT2D eigenvalue weighted by Crippen LogP contribution is -2.31. The molecule has 5 nitrogen and oxygen atoms in total. The van der Waals surface area contributed by atoms with Gasteiger partial charge in [0.05, 0.1) is 30.2 Å². The minimum Gasteiger partial charge on any atom is -0.383 e. The van der Waals surface area contributed by atoms with E-state index >= 15 is 0 Å². The van der Waals surface area contributed by atoms with Crippen molar-refractivity contribution in [2.45, 2.75) is 26.9 Å². The van der Waals surface area contributed by atoms with Gasteiger partial charge in [0, 0.05) is 26.3 Å². The molecule has 0 radical (unpaired) electrons. The number of pyridine rings is 1. The molecule has 0 unspecified atom stereocenters. The lowest BCUT2D eigenvalue weighted by molar-refractivity contribution is 0.0532. The predicted molar refractivity (Wildman–Crippen MR) is 76.4 cm³/mol. The summed E-state index contributed by atoms with van der Waals surface area (Å²) in [4.78, 5) is 18.0. The number of aromatic nitrogens is 1. The fourth-order valence-corrected chi connectivity index (χ4v) is 1.64. The topological polar surface area (TPSA) is 54.5 Å². The molecule has 0 aliphatic carbocycles. The first-order valence-electron chi connectivity index (χ1n) is 6.61. The number of amides is 1. The maximum Gasteiger partial charge on any atom is 0.255 e. The molecular weight excluding hydrogens is 242 g/mol. The number of anilines is 1. The van der Waals surface area contributed by atoms with Crippen molar-refractivity contribution >= 4 is 11.6 Å². The first-order valence-corrected chi connectivity index (χ1v) is 6.61. The van der Waals surface area contributed by atoms with Gasteiger partial charge in [-0.1, -0.05) is 0 Å². The summed E-state index contributed by atoms with van der Waals surface area (Å²) >= 11 is 0. The van der Waals surface area contributed by atoms with Crippen LogP contribution in [0.15, 0.2) is 18.5 Å². The Morgan fingerprint density at radius 2 is 2.26 bits per heavy atom. The van der Waals surface area contributed by atoms with E-state index in [-0.39, 0.29) is 12.0 Å². The van der Waals surface area contributed by atoms with Crippen molar-refractivity contribution in [2.24, 2.45) is 0 Å². The van der Waals surface area contributed by atoms with E-state index in [2.05, 4.69) is 10.3 Å². The number of carbonyl (C=O) groups is 1. The van der Waals surface area contributed by atoms with Crippen LogP contribution in [0, 0.1) is 0 Å². The summed E-state index contributed by atoms with van der Waals surface area (Å²) in [5.74, 6) is -0.0225. The second kappa shape index (κ2) is 7.74. The Bertz CT molecular complexity index is 407. The molecule has 106 valence electrons. The highest BCUT2D eigenvalue weighted by Gasteiger charge is 2.15. The molecule has 1 amide bonds. The van der Waals surface area contributed by atoms with Crippen LogP contribution in [0.3, 0.4) is 0 Å². The molecule has 0 saturated carbocycles. The average molecular weight is 265 g/mol. The number of likely N-dealkylation sites (N-methyl/N-ethyl adjacent to an activating group) is 1. The number of hydrogen-bond donors (Lipinski definition) is 1. The van der Waals surface area contributed by atoms with E-state index in [0.717, 1.165) is 12.2 Å². The summed E-state index contributed by atoms with van der Waals surface area (Å²) in [5.41, 5.74) is 1.41. The van der Waals surface area contributed by atoms with Gasteiger partial charge in [-0.05, 0) is 26.8 Å². The second-order valence-corrected chi connectivity index (χ2v) is 4.60. The number of nitrogens with zero attached hydrogens (tertiary/aromatic N) is 2. The van der Waals surface area contributed by atoms with E-state index in [4.69, 9.17) is 4.74 Å². The van der Waals surface area contributed by atoms with Crippen LogP contribution in [-0.4, -0.2) is 48.6 Å². The fraction of sp³-hybridized carbons (Fsp3) is 0.571. The Morgan fingerprint density at radius 1 is 1.53 bits per heavy atom. The van der Waals surface area contributed by atoms with E-state index in [1.165, 1.54) is 0 Å². The number of carbonyl (C=O) groups excluding carboxylic acids is 1. The van der Waals surface area contributed by atoms with Gasteiger partial charge in [-0.3, -0.25) is 9.78 Å². The Kier molecular flexibility index (Phi) is 6.29. The maximum atomic E-state index is 12.3. The minimum atomic E-state index is -0.0225. The van der Waals surface area contributed by atoms with Crippen LogP contribution in [0.2, 0.25) is 0 Å². The summed E-state index contributed by atoms with van der Waals surface area (Å²) < 4.78 is 5.45. The van der Waals surface area contributed by atoms with E-state index in [1.54, 1.807) is 30.4 Å². The quantitative estimate of drug-likeness (QED) is 0.819. The SMILES string of the molecule is CCNc1cnccc1C(=O)N(C)CCOC(C)C. The lowest BCUT2D eigenvalue weighted by Gasteiger charge is -2.19. The third-order valence-electron chi connectivity index (χ3n) is 2.64. The molecule has 0 atom stereocenters. The molecule has 19 heavy (non-hydrogen) atoms. The molecule has 1 rings (SSSR count). The molecular formula is C14H23N3O2. The lowest BCUT2D eigenvalue weighted by atomic mass is 10.2. The van der Waals surface area contributed by atoms with Gasteiger partial charge in [0.25, 0.3) is 5.91 Å².